The van der Waals surface area contributed by atoms with Crippen LogP contribution in [-0.4, -0.2) is 21.1 Å². The van der Waals surface area contributed by atoms with Gasteiger partial charge >= 0.3 is 0 Å². The van der Waals surface area contributed by atoms with Crippen molar-refractivity contribution in [1.29, 1.82) is 0 Å². The van der Waals surface area contributed by atoms with E-state index in [4.69, 9.17) is 4.74 Å². The summed E-state index contributed by atoms with van der Waals surface area (Å²) in [7, 11) is 0. The fourth-order valence-electron chi connectivity index (χ4n) is 2.16. The maximum Gasteiger partial charge on any atom is 0.177 e. The quantitative estimate of drug-likeness (QED) is 0.788. The summed E-state index contributed by atoms with van der Waals surface area (Å²) in [5, 5.41) is 0. The second kappa shape index (κ2) is 5.33. The summed E-state index contributed by atoms with van der Waals surface area (Å²) >= 11 is 0. The molecule has 0 aliphatic rings. The van der Waals surface area contributed by atoms with Gasteiger partial charge in [0.15, 0.2) is 5.65 Å². The molecule has 0 amide bonds. The number of aromatic nitrogens is 3. The minimum absolute atomic E-state index is 0.202. The molecule has 20 heavy (non-hydrogen) atoms. The van der Waals surface area contributed by atoms with Crippen molar-refractivity contribution in [3.05, 3.63) is 54.0 Å². The Morgan fingerprint density at radius 1 is 1.10 bits per heavy atom. The smallest absolute Gasteiger partial charge is 0.177 e. The van der Waals surface area contributed by atoms with E-state index < -0.39 is 0 Å². The van der Waals surface area contributed by atoms with Gasteiger partial charge in [0.2, 0.25) is 0 Å². The standard InChI is InChI=1S/C16H17N3O/c1-11(2)20-14-5-3-12(4-6-14)7-13-8-15-16(17-9-13)19-10-18-15/h3-6,8-11H,7H2,1-2H3,(H,17,18,19). The Kier molecular flexibility index (Phi) is 3.37. The van der Waals surface area contributed by atoms with Gasteiger partial charge in [0.05, 0.1) is 17.9 Å². The Morgan fingerprint density at radius 2 is 1.90 bits per heavy atom. The molecule has 2 aromatic heterocycles. The van der Waals surface area contributed by atoms with E-state index in [1.165, 1.54) is 11.1 Å². The van der Waals surface area contributed by atoms with E-state index in [1.54, 1.807) is 6.33 Å². The molecule has 2 heterocycles. The van der Waals surface area contributed by atoms with Crippen LogP contribution in [0.2, 0.25) is 0 Å². The first-order valence-electron chi connectivity index (χ1n) is 6.74. The number of hydrogen-bond acceptors (Lipinski definition) is 3. The summed E-state index contributed by atoms with van der Waals surface area (Å²) in [5.41, 5.74) is 4.14. The molecule has 0 bridgehead atoms. The predicted octanol–water partition coefficient (Wildman–Crippen LogP) is 3.34. The van der Waals surface area contributed by atoms with Gasteiger partial charge in [-0.3, -0.25) is 0 Å². The van der Waals surface area contributed by atoms with E-state index in [9.17, 15) is 0 Å². The van der Waals surface area contributed by atoms with Crippen LogP contribution in [0.4, 0.5) is 0 Å². The molecular weight excluding hydrogens is 250 g/mol. The molecule has 3 rings (SSSR count). The highest BCUT2D eigenvalue weighted by molar-refractivity contribution is 5.70. The second-order valence-electron chi connectivity index (χ2n) is 5.10. The Bertz CT molecular complexity index is 701. The number of pyridine rings is 1. The molecule has 0 spiro atoms. The largest absolute Gasteiger partial charge is 0.491 e. The van der Waals surface area contributed by atoms with Crippen molar-refractivity contribution < 1.29 is 4.74 Å². The average molecular weight is 267 g/mol. The van der Waals surface area contributed by atoms with E-state index in [-0.39, 0.29) is 6.10 Å². The molecule has 0 atom stereocenters. The lowest BCUT2D eigenvalue weighted by molar-refractivity contribution is 0.242. The van der Waals surface area contributed by atoms with Crippen molar-refractivity contribution in [2.45, 2.75) is 26.4 Å². The first kappa shape index (κ1) is 12.7. The third kappa shape index (κ3) is 2.79. The fourth-order valence-corrected chi connectivity index (χ4v) is 2.16. The Hall–Kier alpha value is -2.36. The summed E-state index contributed by atoms with van der Waals surface area (Å²) in [5.74, 6) is 0.908. The number of nitrogens with zero attached hydrogens (tertiary/aromatic N) is 2. The number of rotatable bonds is 4. The number of H-pyrrole nitrogens is 1. The first-order valence-corrected chi connectivity index (χ1v) is 6.74. The van der Waals surface area contributed by atoms with Crippen LogP contribution >= 0.6 is 0 Å². The van der Waals surface area contributed by atoms with Gasteiger partial charge < -0.3 is 9.72 Å². The normalized spacial score (nSPS) is 11.2. The molecule has 1 aromatic carbocycles. The topological polar surface area (TPSA) is 50.8 Å². The lowest BCUT2D eigenvalue weighted by atomic mass is 10.1. The van der Waals surface area contributed by atoms with Crippen LogP contribution in [0.3, 0.4) is 0 Å². The van der Waals surface area contributed by atoms with Crippen LogP contribution in [0, 0.1) is 0 Å². The molecule has 0 unspecified atom stereocenters. The van der Waals surface area contributed by atoms with E-state index in [0.29, 0.717) is 0 Å². The molecule has 1 N–H and O–H groups in total. The van der Waals surface area contributed by atoms with E-state index in [0.717, 1.165) is 23.3 Å². The third-order valence-electron chi connectivity index (χ3n) is 3.03. The summed E-state index contributed by atoms with van der Waals surface area (Å²) in [6.45, 7) is 4.05. The lowest BCUT2D eigenvalue weighted by Gasteiger charge is -2.10. The van der Waals surface area contributed by atoms with Gasteiger partial charge in [-0.1, -0.05) is 12.1 Å². The molecule has 0 fully saturated rings. The van der Waals surface area contributed by atoms with Gasteiger partial charge in [0, 0.05) is 6.20 Å². The number of benzene rings is 1. The zero-order chi connectivity index (χ0) is 13.9. The van der Waals surface area contributed by atoms with Crippen LogP contribution in [0.5, 0.6) is 5.75 Å². The summed E-state index contributed by atoms with van der Waals surface area (Å²) in [4.78, 5) is 11.5. The average Bonchev–Trinajstić information content (AvgIpc) is 2.88. The van der Waals surface area contributed by atoms with E-state index >= 15 is 0 Å². The zero-order valence-corrected chi connectivity index (χ0v) is 11.6. The lowest BCUT2D eigenvalue weighted by Crippen LogP contribution is -2.05. The number of imidazole rings is 1. The monoisotopic (exact) mass is 267 g/mol. The number of fused-ring (bicyclic) bond motifs is 1. The molecule has 0 saturated carbocycles. The van der Waals surface area contributed by atoms with Crippen LogP contribution in [0.25, 0.3) is 11.2 Å². The molecular formula is C16H17N3O. The summed E-state index contributed by atoms with van der Waals surface area (Å²) < 4.78 is 5.64. The highest BCUT2D eigenvalue weighted by Crippen LogP contribution is 2.17. The Labute approximate surface area is 117 Å². The van der Waals surface area contributed by atoms with Crippen molar-refractivity contribution in [1.82, 2.24) is 15.0 Å². The number of ether oxygens (including phenoxy) is 1. The second-order valence-corrected chi connectivity index (χ2v) is 5.10. The zero-order valence-electron chi connectivity index (χ0n) is 11.6. The molecule has 0 radical (unpaired) electrons. The Balaban J connectivity index is 1.76. The highest BCUT2D eigenvalue weighted by atomic mass is 16.5. The van der Waals surface area contributed by atoms with Crippen molar-refractivity contribution in [3.8, 4) is 5.75 Å². The maximum absolute atomic E-state index is 5.64. The summed E-state index contributed by atoms with van der Waals surface area (Å²) in [6, 6.07) is 10.3. The summed E-state index contributed by atoms with van der Waals surface area (Å²) in [6.07, 6.45) is 4.60. The van der Waals surface area contributed by atoms with Crippen molar-refractivity contribution in [3.63, 3.8) is 0 Å². The minimum atomic E-state index is 0.202. The molecule has 0 aliphatic heterocycles. The fraction of sp³-hybridized carbons (Fsp3) is 0.250. The van der Waals surface area contributed by atoms with Gasteiger partial charge in [0.1, 0.15) is 5.75 Å². The highest BCUT2D eigenvalue weighted by Gasteiger charge is 2.02. The van der Waals surface area contributed by atoms with E-state index in [2.05, 4.69) is 33.2 Å². The van der Waals surface area contributed by atoms with Gasteiger partial charge in [-0.15, -0.1) is 0 Å². The van der Waals surface area contributed by atoms with Crippen LogP contribution in [0.15, 0.2) is 42.9 Å². The van der Waals surface area contributed by atoms with Crippen molar-refractivity contribution >= 4 is 11.2 Å². The molecule has 0 aliphatic carbocycles. The van der Waals surface area contributed by atoms with Gasteiger partial charge in [-0.2, -0.15) is 0 Å². The van der Waals surface area contributed by atoms with Crippen molar-refractivity contribution in [2.24, 2.45) is 0 Å². The van der Waals surface area contributed by atoms with Crippen LogP contribution < -0.4 is 4.74 Å². The number of hydrogen-bond donors (Lipinski definition) is 1. The molecule has 102 valence electrons. The van der Waals surface area contributed by atoms with Crippen molar-refractivity contribution in [2.75, 3.05) is 0 Å². The van der Waals surface area contributed by atoms with Crippen LogP contribution in [-0.2, 0) is 6.42 Å². The number of nitrogens with one attached hydrogen (secondary N) is 1. The first-order chi connectivity index (χ1) is 9.70. The maximum atomic E-state index is 5.64. The van der Waals surface area contributed by atoms with Crippen LogP contribution in [0.1, 0.15) is 25.0 Å². The van der Waals surface area contributed by atoms with Gasteiger partial charge in [0.25, 0.3) is 0 Å². The number of aromatic amines is 1. The molecule has 0 saturated heterocycles. The minimum Gasteiger partial charge on any atom is -0.491 e. The SMILES string of the molecule is CC(C)Oc1ccc(Cc2cnc3nc[nH]c3c2)cc1. The molecule has 4 heteroatoms. The molecule has 4 nitrogen and oxygen atoms in total. The van der Waals surface area contributed by atoms with Gasteiger partial charge in [-0.05, 0) is 49.6 Å². The predicted molar refractivity (Wildman–Crippen MR) is 78.9 cm³/mol. The Morgan fingerprint density at radius 3 is 2.65 bits per heavy atom. The molecule has 3 aromatic rings. The van der Waals surface area contributed by atoms with E-state index in [1.807, 2.05) is 32.2 Å². The third-order valence-corrected chi connectivity index (χ3v) is 3.03. The van der Waals surface area contributed by atoms with Gasteiger partial charge in [-0.25, -0.2) is 9.97 Å².